The highest BCUT2D eigenvalue weighted by Gasteiger charge is 2.29. The van der Waals surface area contributed by atoms with Gasteiger partial charge in [0.15, 0.2) is 0 Å². The Bertz CT molecular complexity index is 426. The van der Waals surface area contributed by atoms with Crippen molar-refractivity contribution in [3.63, 3.8) is 0 Å². The highest BCUT2D eigenvalue weighted by atomic mass is 79.9. The molecule has 0 radical (unpaired) electrons. The van der Waals surface area contributed by atoms with Gasteiger partial charge in [0.25, 0.3) is 0 Å². The maximum Gasteiger partial charge on any atom is 0.227 e. The van der Waals surface area contributed by atoms with Crippen LogP contribution in [0.3, 0.4) is 0 Å². The van der Waals surface area contributed by atoms with Crippen LogP contribution in [0.1, 0.15) is 6.42 Å². The molecule has 0 aromatic heterocycles. The Balaban J connectivity index is 2.24. The van der Waals surface area contributed by atoms with Crippen molar-refractivity contribution in [1.82, 2.24) is 0 Å². The summed E-state index contributed by atoms with van der Waals surface area (Å²) in [5.74, 6) is 0.753. The number of halogens is 2. The predicted octanol–water partition coefficient (Wildman–Crippen LogP) is 2.87. The minimum Gasteiger partial charge on any atom is -0.312 e. The van der Waals surface area contributed by atoms with Crippen LogP contribution in [0.4, 0.5) is 10.1 Å². The van der Waals surface area contributed by atoms with E-state index in [1.807, 2.05) is 0 Å². The maximum atomic E-state index is 13.1. The monoisotopic (exact) mass is 303 g/mol. The third-order valence-electron chi connectivity index (χ3n) is 2.68. The number of benzene rings is 1. The molecule has 1 saturated heterocycles. The second-order valence-corrected chi connectivity index (χ2v) is 5.07. The zero-order valence-corrected chi connectivity index (χ0v) is 11.0. The summed E-state index contributed by atoms with van der Waals surface area (Å²) < 4.78 is 13.4. The molecule has 0 saturated carbocycles. The number of nitrogens with zero attached hydrogens (tertiary/aromatic N) is 1. The van der Waals surface area contributed by atoms with Gasteiger partial charge in [-0.3, -0.25) is 4.79 Å². The minimum atomic E-state index is -0.318. The molecule has 0 N–H and O–H groups in total. The lowest BCUT2D eigenvalue weighted by Gasteiger charge is -2.16. The molecule has 0 bridgehead atoms. The lowest BCUT2D eigenvalue weighted by atomic mass is 10.1. The van der Waals surface area contributed by atoms with E-state index in [0.29, 0.717) is 29.1 Å². The van der Waals surface area contributed by atoms with Gasteiger partial charge in [0.1, 0.15) is 5.82 Å². The lowest BCUT2D eigenvalue weighted by molar-refractivity contribution is -0.117. The molecule has 0 aliphatic carbocycles. The average molecular weight is 304 g/mol. The first-order valence-electron chi connectivity index (χ1n) is 4.98. The van der Waals surface area contributed by atoms with Crippen molar-refractivity contribution in [2.24, 2.45) is 5.92 Å². The van der Waals surface area contributed by atoms with E-state index in [0.717, 1.165) is 5.69 Å². The normalized spacial score (nSPS) is 20.6. The van der Waals surface area contributed by atoms with Crippen LogP contribution in [-0.4, -0.2) is 18.2 Å². The first kappa shape index (κ1) is 11.9. The van der Waals surface area contributed by atoms with Gasteiger partial charge in [-0.05, 0) is 45.8 Å². The molecule has 0 spiro atoms. The lowest BCUT2D eigenvalue weighted by Crippen LogP contribution is -2.24. The molecule has 5 heteroatoms. The van der Waals surface area contributed by atoms with Crippen molar-refractivity contribution in [2.75, 3.05) is 17.2 Å². The zero-order chi connectivity index (χ0) is 11.7. The highest BCUT2D eigenvalue weighted by molar-refractivity contribution is 9.10. The van der Waals surface area contributed by atoms with Crippen LogP contribution >= 0.6 is 28.6 Å². The first-order valence-corrected chi connectivity index (χ1v) is 6.40. The Morgan fingerprint density at radius 3 is 2.88 bits per heavy atom. The molecule has 1 unspecified atom stereocenters. The van der Waals surface area contributed by atoms with Crippen molar-refractivity contribution in [3.8, 4) is 0 Å². The molecule has 1 fully saturated rings. The molecule has 1 heterocycles. The van der Waals surface area contributed by atoms with Gasteiger partial charge in [0.2, 0.25) is 5.91 Å². The molecule has 1 atom stereocenters. The Kier molecular flexibility index (Phi) is 3.54. The fraction of sp³-hybridized carbons (Fsp3) is 0.364. The largest absolute Gasteiger partial charge is 0.312 e. The van der Waals surface area contributed by atoms with E-state index in [4.69, 9.17) is 0 Å². The van der Waals surface area contributed by atoms with Crippen LogP contribution in [0.15, 0.2) is 22.7 Å². The molecule has 2 rings (SSSR count). The molecule has 1 aliphatic rings. The van der Waals surface area contributed by atoms with Crippen LogP contribution in [0.25, 0.3) is 0 Å². The fourth-order valence-corrected chi connectivity index (χ4v) is 2.42. The molecule has 1 aromatic carbocycles. The molecule has 86 valence electrons. The summed E-state index contributed by atoms with van der Waals surface area (Å²) in [4.78, 5) is 13.4. The number of hydrogen-bond acceptors (Lipinski definition) is 2. The summed E-state index contributed by atoms with van der Waals surface area (Å²) in [6.45, 7) is 0.667. The van der Waals surface area contributed by atoms with Gasteiger partial charge in [-0.15, -0.1) is 0 Å². The Morgan fingerprint density at radius 1 is 1.56 bits per heavy atom. The topological polar surface area (TPSA) is 20.3 Å². The van der Waals surface area contributed by atoms with Crippen molar-refractivity contribution in [2.45, 2.75) is 6.42 Å². The van der Waals surface area contributed by atoms with Crippen LogP contribution in [-0.2, 0) is 4.79 Å². The van der Waals surface area contributed by atoms with Gasteiger partial charge in [-0.25, -0.2) is 4.39 Å². The summed E-state index contributed by atoms with van der Waals surface area (Å²) in [6, 6.07) is 4.62. The summed E-state index contributed by atoms with van der Waals surface area (Å²) >= 11 is 7.32. The van der Waals surface area contributed by atoms with Crippen LogP contribution < -0.4 is 4.90 Å². The Labute approximate surface area is 107 Å². The standard InChI is InChI=1S/C11H11BrFNOS/c12-9-4-8(1-2-10(9)13)14-5-7(6-16)3-11(14)15/h1-2,4,7,16H,3,5-6H2. The first-order chi connectivity index (χ1) is 7.61. The summed E-state index contributed by atoms with van der Waals surface area (Å²) in [7, 11) is 0. The number of thiol groups is 1. The average Bonchev–Trinajstić information content (AvgIpc) is 2.64. The van der Waals surface area contributed by atoms with Crippen LogP contribution in [0.2, 0.25) is 0 Å². The molecule has 2 nitrogen and oxygen atoms in total. The molecular formula is C11H11BrFNOS. The van der Waals surface area contributed by atoms with Crippen molar-refractivity contribution in [3.05, 3.63) is 28.5 Å². The molecule has 16 heavy (non-hydrogen) atoms. The Hall–Kier alpha value is -0.550. The van der Waals surface area contributed by atoms with Gasteiger partial charge < -0.3 is 4.90 Å². The maximum absolute atomic E-state index is 13.1. The molecule has 1 aliphatic heterocycles. The summed E-state index contributed by atoms with van der Waals surface area (Å²) in [5.41, 5.74) is 0.738. The fourth-order valence-electron chi connectivity index (χ4n) is 1.81. The van der Waals surface area contributed by atoms with Gasteiger partial charge in [-0.1, -0.05) is 0 Å². The van der Waals surface area contributed by atoms with E-state index in [1.54, 1.807) is 17.0 Å². The van der Waals surface area contributed by atoms with Crippen molar-refractivity contribution >= 4 is 40.2 Å². The Morgan fingerprint density at radius 2 is 2.31 bits per heavy atom. The summed E-state index contributed by atoms with van der Waals surface area (Å²) in [5, 5.41) is 0. The number of hydrogen-bond donors (Lipinski definition) is 1. The number of carbonyl (C=O) groups is 1. The van der Waals surface area contributed by atoms with E-state index in [-0.39, 0.29) is 11.7 Å². The van der Waals surface area contributed by atoms with Crippen molar-refractivity contribution < 1.29 is 9.18 Å². The highest BCUT2D eigenvalue weighted by Crippen LogP contribution is 2.28. The second-order valence-electron chi connectivity index (χ2n) is 3.86. The van der Waals surface area contributed by atoms with Crippen LogP contribution in [0, 0.1) is 11.7 Å². The van der Waals surface area contributed by atoms with E-state index in [2.05, 4.69) is 28.6 Å². The SMILES string of the molecule is O=C1CC(CS)CN1c1ccc(F)c(Br)c1. The minimum absolute atomic E-state index is 0.0811. The predicted molar refractivity (Wildman–Crippen MR) is 68.4 cm³/mol. The molecular weight excluding hydrogens is 293 g/mol. The molecule has 1 aromatic rings. The third-order valence-corrected chi connectivity index (χ3v) is 3.80. The second kappa shape index (κ2) is 4.75. The zero-order valence-electron chi connectivity index (χ0n) is 8.49. The van der Waals surface area contributed by atoms with E-state index < -0.39 is 0 Å². The molecule has 1 amide bonds. The van der Waals surface area contributed by atoms with Crippen molar-refractivity contribution in [1.29, 1.82) is 0 Å². The van der Waals surface area contributed by atoms with E-state index in [1.165, 1.54) is 6.07 Å². The van der Waals surface area contributed by atoms with Gasteiger partial charge in [0.05, 0.1) is 4.47 Å². The third kappa shape index (κ3) is 2.25. The van der Waals surface area contributed by atoms with Crippen LogP contribution in [0.5, 0.6) is 0 Å². The van der Waals surface area contributed by atoms with Gasteiger partial charge >= 0.3 is 0 Å². The quantitative estimate of drug-likeness (QED) is 0.833. The van der Waals surface area contributed by atoms with Gasteiger partial charge in [0, 0.05) is 18.7 Å². The summed E-state index contributed by atoms with van der Waals surface area (Å²) in [6.07, 6.45) is 0.526. The van der Waals surface area contributed by atoms with E-state index in [9.17, 15) is 9.18 Å². The van der Waals surface area contributed by atoms with E-state index >= 15 is 0 Å². The van der Waals surface area contributed by atoms with Gasteiger partial charge in [-0.2, -0.15) is 12.6 Å². The number of anilines is 1. The smallest absolute Gasteiger partial charge is 0.227 e. The number of rotatable bonds is 2. The number of amides is 1. The number of carbonyl (C=O) groups excluding carboxylic acids is 1.